The number of hydrogen-bond acceptors (Lipinski definition) is 7. The average Bonchev–Trinajstić information content (AvgIpc) is 3.22. The first-order valence-electron chi connectivity index (χ1n) is 9.66. The van der Waals surface area contributed by atoms with Crippen molar-refractivity contribution < 1.29 is 9.15 Å². The smallest absolute Gasteiger partial charge is 0.181 e. The van der Waals surface area contributed by atoms with Gasteiger partial charge in [-0.1, -0.05) is 0 Å². The fraction of sp³-hybridized carbons (Fsp3) is 0.421. The summed E-state index contributed by atoms with van der Waals surface area (Å²) in [5, 5.41) is 7.07. The van der Waals surface area contributed by atoms with E-state index in [4.69, 9.17) is 33.6 Å². The maximum Gasteiger partial charge on any atom is 0.181 e. The van der Waals surface area contributed by atoms with Gasteiger partial charge in [0.2, 0.25) is 0 Å². The zero-order chi connectivity index (χ0) is 21.9. The molecule has 9 nitrogen and oxygen atoms in total. The van der Waals surface area contributed by atoms with Gasteiger partial charge in [-0.2, -0.15) is 0 Å². The summed E-state index contributed by atoms with van der Waals surface area (Å²) < 4.78 is 11.0. The summed E-state index contributed by atoms with van der Waals surface area (Å²) >= 11 is 10.5. The molecule has 0 amide bonds. The van der Waals surface area contributed by atoms with E-state index in [0.717, 1.165) is 17.9 Å². The lowest BCUT2D eigenvalue weighted by molar-refractivity contribution is 0.364. The molecular weight excluding hydrogens is 422 g/mol. The second-order valence-electron chi connectivity index (χ2n) is 6.32. The lowest BCUT2D eigenvalue weighted by atomic mass is 10.0. The molecule has 6 N–H and O–H groups in total. The van der Waals surface area contributed by atoms with Gasteiger partial charge in [0, 0.05) is 24.7 Å². The third-order valence-electron chi connectivity index (χ3n) is 4.17. The van der Waals surface area contributed by atoms with Crippen LogP contribution in [-0.2, 0) is 0 Å². The molecule has 30 heavy (non-hydrogen) atoms. The molecule has 0 saturated carbocycles. The van der Waals surface area contributed by atoms with Crippen LogP contribution in [0.1, 0.15) is 32.5 Å². The first-order chi connectivity index (χ1) is 14.5. The molecule has 2 atom stereocenters. The second kappa shape index (κ2) is 12.3. The molecular formula is C19H29N7O2S2. The topological polar surface area (TPSA) is 107 Å². The zero-order valence-corrected chi connectivity index (χ0v) is 19.2. The van der Waals surface area contributed by atoms with Gasteiger partial charge in [-0.25, -0.2) is 15.8 Å². The third-order valence-corrected chi connectivity index (χ3v) is 4.66. The van der Waals surface area contributed by atoms with Crippen molar-refractivity contribution in [2.75, 3.05) is 20.2 Å². The van der Waals surface area contributed by atoms with Crippen LogP contribution in [0.25, 0.3) is 11.3 Å². The van der Waals surface area contributed by atoms with E-state index in [-0.39, 0.29) is 12.1 Å². The average molecular weight is 452 g/mol. The summed E-state index contributed by atoms with van der Waals surface area (Å²) in [6.45, 7) is 7.38. The quantitative estimate of drug-likeness (QED) is 0.235. The number of benzene rings is 1. The van der Waals surface area contributed by atoms with Gasteiger partial charge in [-0.3, -0.25) is 10.9 Å². The Balaban J connectivity index is 2.23. The molecule has 2 unspecified atom stereocenters. The highest BCUT2D eigenvalue weighted by atomic mass is 32.1. The maximum absolute atomic E-state index is 5.72. The number of nitrogens with zero attached hydrogens (tertiary/aromatic N) is 1. The molecule has 1 aromatic carbocycles. The standard InChI is InChI=1S/C19H29N7O2S2/c1-5-20-18(29)25-23-12(3)15(24-26-19(30)21-6-2)16-17(28-11-22-16)13-7-9-14(27-4)10-8-13/h7-12,15,23-24H,5-6H2,1-4H3,(H2,20,25,29)(H2,21,26,30). The van der Waals surface area contributed by atoms with Crippen molar-refractivity contribution in [3.63, 3.8) is 0 Å². The molecule has 0 aliphatic carbocycles. The van der Waals surface area contributed by atoms with Crippen LogP contribution in [0.5, 0.6) is 5.75 Å². The number of methoxy groups -OCH3 is 1. The van der Waals surface area contributed by atoms with Gasteiger partial charge in [0.05, 0.1) is 13.2 Å². The molecule has 0 bridgehead atoms. The molecule has 1 heterocycles. The van der Waals surface area contributed by atoms with Crippen molar-refractivity contribution in [1.29, 1.82) is 0 Å². The number of aromatic nitrogens is 1. The fourth-order valence-electron chi connectivity index (χ4n) is 2.68. The van der Waals surface area contributed by atoms with E-state index in [1.54, 1.807) is 7.11 Å². The lowest BCUT2D eigenvalue weighted by Crippen LogP contribution is -2.55. The molecule has 11 heteroatoms. The Morgan fingerprint density at radius 3 is 2.20 bits per heavy atom. The van der Waals surface area contributed by atoms with Crippen LogP contribution < -0.4 is 37.1 Å². The number of ether oxygens (including phenoxy) is 1. The minimum absolute atomic E-state index is 0.152. The minimum atomic E-state index is -0.311. The fourth-order valence-corrected chi connectivity index (χ4v) is 3.09. The first-order valence-corrected chi connectivity index (χ1v) is 10.5. The number of hydrazine groups is 2. The van der Waals surface area contributed by atoms with Crippen molar-refractivity contribution in [2.24, 2.45) is 0 Å². The van der Waals surface area contributed by atoms with E-state index in [1.165, 1.54) is 6.39 Å². The Hall–Kier alpha value is -2.47. The van der Waals surface area contributed by atoms with Crippen molar-refractivity contribution >= 4 is 34.7 Å². The van der Waals surface area contributed by atoms with Gasteiger partial charge in [-0.15, -0.1) is 0 Å². The molecule has 0 fully saturated rings. The predicted molar refractivity (Wildman–Crippen MR) is 126 cm³/mol. The molecule has 1 aromatic heterocycles. The summed E-state index contributed by atoms with van der Waals surface area (Å²) in [6.07, 6.45) is 1.43. The van der Waals surface area contributed by atoms with Crippen LogP contribution in [0.4, 0.5) is 0 Å². The predicted octanol–water partition coefficient (Wildman–Crippen LogP) is 1.76. The molecule has 164 valence electrons. The Morgan fingerprint density at radius 2 is 1.63 bits per heavy atom. The molecule has 2 aromatic rings. The van der Waals surface area contributed by atoms with Crippen LogP contribution in [-0.4, -0.2) is 41.5 Å². The summed E-state index contributed by atoms with van der Waals surface area (Å²) in [5.41, 5.74) is 14.0. The number of oxazole rings is 1. The van der Waals surface area contributed by atoms with E-state index < -0.39 is 0 Å². The van der Waals surface area contributed by atoms with Crippen LogP contribution in [0.15, 0.2) is 35.1 Å². The van der Waals surface area contributed by atoms with Crippen LogP contribution in [0.2, 0.25) is 0 Å². The Morgan fingerprint density at radius 1 is 1.03 bits per heavy atom. The Labute approximate surface area is 187 Å². The molecule has 0 aliphatic heterocycles. The highest BCUT2D eigenvalue weighted by molar-refractivity contribution is 7.80. The number of rotatable bonds is 10. The second-order valence-corrected chi connectivity index (χ2v) is 7.14. The molecule has 0 aliphatic rings. The largest absolute Gasteiger partial charge is 0.497 e. The minimum Gasteiger partial charge on any atom is -0.497 e. The Bertz CT molecular complexity index is 813. The molecule has 0 saturated heterocycles. The van der Waals surface area contributed by atoms with Gasteiger partial charge in [0.25, 0.3) is 0 Å². The SMILES string of the molecule is CCNC(=S)NNC(C)C(NNC(=S)NCC)c1ncoc1-c1ccc(OC)cc1. The van der Waals surface area contributed by atoms with Crippen molar-refractivity contribution in [3.8, 4) is 17.1 Å². The van der Waals surface area contributed by atoms with Gasteiger partial charge < -0.3 is 19.8 Å². The summed E-state index contributed by atoms with van der Waals surface area (Å²) in [7, 11) is 1.63. The third kappa shape index (κ3) is 6.80. The lowest BCUT2D eigenvalue weighted by Gasteiger charge is -2.27. The van der Waals surface area contributed by atoms with Gasteiger partial charge in [-0.05, 0) is 69.5 Å². The van der Waals surface area contributed by atoms with Gasteiger partial charge in [0.15, 0.2) is 22.4 Å². The zero-order valence-electron chi connectivity index (χ0n) is 17.5. The van der Waals surface area contributed by atoms with E-state index >= 15 is 0 Å². The highest BCUT2D eigenvalue weighted by Gasteiger charge is 2.26. The number of nitrogens with one attached hydrogen (secondary N) is 6. The van der Waals surface area contributed by atoms with Gasteiger partial charge in [0.1, 0.15) is 11.4 Å². The summed E-state index contributed by atoms with van der Waals surface area (Å²) in [6, 6.07) is 7.14. The van der Waals surface area contributed by atoms with Crippen molar-refractivity contribution in [1.82, 2.24) is 37.3 Å². The van der Waals surface area contributed by atoms with E-state index in [1.807, 2.05) is 45.0 Å². The van der Waals surface area contributed by atoms with Crippen LogP contribution >= 0.6 is 24.4 Å². The summed E-state index contributed by atoms with van der Waals surface area (Å²) in [4.78, 5) is 4.46. The molecule has 0 spiro atoms. The highest BCUT2D eigenvalue weighted by Crippen LogP contribution is 2.30. The van der Waals surface area contributed by atoms with E-state index in [2.05, 4.69) is 37.3 Å². The van der Waals surface area contributed by atoms with Crippen LogP contribution in [0.3, 0.4) is 0 Å². The van der Waals surface area contributed by atoms with E-state index in [9.17, 15) is 0 Å². The summed E-state index contributed by atoms with van der Waals surface area (Å²) in [5.74, 6) is 1.41. The monoisotopic (exact) mass is 451 g/mol. The van der Waals surface area contributed by atoms with E-state index in [0.29, 0.717) is 28.2 Å². The van der Waals surface area contributed by atoms with Gasteiger partial charge >= 0.3 is 0 Å². The Kier molecular flexibility index (Phi) is 9.74. The molecule has 0 radical (unpaired) electrons. The van der Waals surface area contributed by atoms with Crippen molar-refractivity contribution in [2.45, 2.75) is 32.9 Å². The molecule has 2 rings (SSSR count). The number of hydrogen-bond donors (Lipinski definition) is 6. The van der Waals surface area contributed by atoms with Crippen LogP contribution in [0, 0.1) is 0 Å². The number of thiocarbonyl (C=S) groups is 2. The van der Waals surface area contributed by atoms with Crippen molar-refractivity contribution in [3.05, 3.63) is 36.4 Å². The first kappa shape index (κ1) is 23.8. The maximum atomic E-state index is 5.72. The normalized spacial score (nSPS) is 12.5.